The molecule has 0 radical (unpaired) electrons. The minimum atomic E-state index is -3.85. The van der Waals surface area contributed by atoms with Gasteiger partial charge in [0.25, 0.3) is 10.0 Å². The number of nitrogens with one attached hydrogen (secondary N) is 2. The Bertz CT molecular complexity index is 1330. The van der Waals surface area contributed by atoms with Gasteiger partial charge in [0.2, 0.25) is 5.91 Å². The molecule has 0 bridgehead atoms. The fourth-order valence-corrected chi connectivity index (χ4v) is 6.17. The van der Waals surface area contributed by atoms with Crippen LogP contribution in [0, 0.1) is 13.8 Å². The molecule has 0 aliphatic heterocycles. The highest BCUT2D eigenvalue weighted by atomic mass is 32.2. The molecule has 3 heterocycles. The Morgan fingerprint density at radius 3 is 2.72 bits per heavy atom. The smallest absolute Gasteiger partial charge is 0.273 e. The van der Waals surface area contributed by atoms with Crippen LogP contribution in [0.1, 0.15) is 18.3 Å². The second-order valence-electron chi connectivity index (χ2n) is 6.42. The second kappa shape index (κ2) is 7.25. The number of rotatable bonds is 5. The molecule has 29 heavy (non-hydrogen) atoms. The summed E-state index contributed by atoms with van der Waals surface area (Å²) < 4.78 is 30.3. The van der Waals surface area contributed by atoms with Gasteiger partial charge in [-0.3, -0.25) is 13.9 Å². The number of fused-ring (bicyclic) bond motifs is 1. The number of nitrogens with zero attached hydrogens (tertiary/aromatic N) is 3. The predicted molar refractivity (Wildman–Crippen MR) is 115 cm³/mol. The summed E-state index contributed by atoms with van der Waals surface area (Å²) in [5, 5.41) is 4.79. The summed E-state index contributed by atoms with van der Waals surface area (Å²) in [7, 11) is -3.85. The quantitative estimate of drug-likeness (QED) is 0.483. The zero-order valence-corrected chi connectivity index (χ0v) is 18.2. The molecule has 11 heteroatoms. The van der Waals surface area contributed by atoms with Gasteiger partial charge in [0.15, 0.2) is 14.3 Å². The van der Waals surface area contributed by atoms with Gasteiger partial charge in [-0.1, -0.05) is 23.5 Å². The fourth-order valence-electron chi connectivity index (χ4n) is 2.81. The van der Waals surface area contributed by atoms with Crippen molar-refractivity contribution < 1.29 is 13.2 Å². The maximum absolute atomic E-state index is 12.8. The van der Waals surface area contributed by atoms with Gasteiger partial charge in [-0.05, 0) is 26.0 Å². The number of imidazole rings is 1. The van der Waals surface area contributed by atoms with Gasteiger partial charge in [0.1, 0.15) is 0 Å². The van der Waals surface area contributed by atoms with Gasteiger partial charge in [-0.2, -0.15) is 0 Å². The summed E-state index contributed by atoms with van der Waals surface area (Å²) in [6.07, 6.45) is 1.93. The zero-order chi connectivity index (χ0) is 20.8. The lowest BCUT2D eigenvalue weighted by Crippen LogP contribution is -2.12. The summed E-state index contributed by atoms with van der Waals surface area (Å²) in [5.41, 5.74) is 3.41. The van der Waals surface area contributed by atoms with E-state index in [1.165, 1.54) is 6.92 Å². The molecule has 8 nitrogen and oxygen atoms in total. The average molecular weight is 448 g/mol. The molecule has 4 aromatic rings. The SMILES string of the molecule is CC(=O)Nc1nc(C)c(S(=O)(=O)Nc2cccc(-c3cn4c(C)csc4n3)c2)s1. The molecule has 4 rings (SSSR count). The van der Waals surface area contributed by atoms with Gasteiger partial charge in [0.05, 0.1) is 11.4 Å². The summed E-state index contributed by atoms with van der Waals surface area (Å²) in [4.78, 5) is 20.8. The summed E-state index contributed by atoms with van der Waals surface area (Å²) in [5.74, 6) is -0.307. The molecule has 0 saturated heterocycles. The van der Waals surface area contributed by atoms with Crippen molar-refractivity contribution in [1.29, 1.82) is 0 Å². The highest BCUT2D eigenvalue weighted by Crippen LogP contribution is 2.30. The lowest BCUT2D eigenvalue weighted by Gasteiger charge is -2.08. The number of thiazole rings is 2. The second-order valence-corrected chi connectivity index (χ2v) is 10.1. The molecule has 1 amide bonds. The number of hydrogen-bond acceptors (Lipinski definition) is 7. The van der Waals surface area contributed by atoms with Crippen molar-refractivity contribution in [2.45, 2.75) is 25.0 Å². The van der Waals surface area contributed by atoms with Crippen LogP contribution in [0.3, 0.4) is 0 Å². The number of amides is 1. The molecular formula is C18H17N5O3S3. The summed E-state index contributed by atoms with van der Waals surface area (Å²) in [6, 6.07) is 7.07. The van der Waals surface area contributed by atoms with Crippen LogP contribution in [0.4, 0.5) is 10.8 Å². The minimum Gasteiger partial charge on any atom is -0.302 e. The number of sulfonamides is 1. The molecule has 0 aliphatic carbocycles. The minimum absolute atomic E-state index is 0.0600. The summed E-state index contributed by atoms with van der Waals surface area (Å²) >= 11 is 2.47. The Morgan fingerprint density at radius 1 is 1.21 bits per heavy atom. The van der Waals surface area contributed by atoms with E-state index < -0.39 is 10.0 Å². The van der Waals surface area contributed by atoms with Crippen molar-refractivity contribution in [3.05, 3.63) is 47.2 Å². The molecule has 0 aliphatic rings. The van der Waals surface area contributed by atoms with E-state index in [-0.39, 0.29) is 15.2 Å². The number of hydrogen-bond donors (Lipinski definition) is 2. The molecule has 0 unspecified atom stereocenters. The monoisotopic (exact) mass is 447 g/mol. The zero-order valence-electron chi connectivity index (χ0n) is 15.8. The van der Waals surface area contributed by atoms with Crippen LogP contribution in [0.25, 0.3) is 16.2 Å². The third-order valence-electron chi connectivity index (χ3n) is 4.08. The maximum atomic E-state index is 12.8. The van der Waals surface area contributed by atoms with Gasteiger partial charge in [-0.15, -0.1) is 11.3 Å². The highest BCUT2D eigenvalue weighted by molar-refractivity contribution is 7.94. The predicted octanol–water partition coefficient (Wildman–Crippen LogP) is 3.90. The van der Waals surface area contributed by atoms with E-state index in [9.17, 15) is 13.2 Å². The first-order chi connectivity index (χ1) is 13.7. The van der Waals surface area contributed by atoms with Crippen LogP contribution >= 0.6 is 22.7 Å². The highest BCUT2D eigenvalue weighted by Gasteiger charge is 2.22. The van der Waals surface area contributed by atoms with Gasteiger partial charge >= 0.3 is 0 Å². The molecule has 0 atom stereocenters. The number of aryl methyl sites for hydroxylation is 2. The topological polar surface area (TPSA) is 105 Å². The van der Waals surface area contributed by atoms with Gasteiger partial charge in [-0.25, -0.2) is 18.4 Å². The average Bonchev–Trinajstić information content (AvgIpc) is 3.31. The molecule has 1 aromatic carbocycles. The Labute approximate surface area is 175 Å². The normalized spacial score (nSPS) is 11.7. The van der Waals surface area contributed by atoms with E-state index in [2.05, 4.69) is 20.0 Å². The van der Waals surface area contributed by atoms with E-state index in [1.54, 1.807) is 36.5 Å². The fraction of sp³-hybridized carbons (Fsp3) is 0.167. The van der Waals surface area contributed by atoms with Gasteiger partial charge in [0, 0.05) is 35.4 Å². The lowest BCUT2D eigenvalue weighted by molar-refractivity contribution is -0.114. The molecular weight excluding hydrogens is 430 g/mol. The van der Waals surface area contributed by atoms with E-state index in [4.69, 9.17) is 0 Å². The first-order valence-electron chi connectivity index (χ1n) is 8.54. The third-order valence-corrected chi connectivity index (χ3v) is 8.10. The van der Waals surface area contributed by atoms with E-state index in [0.29, 0.717) is 11.4 Å². The molecule has 3 aromatic heterocycles. The largest absolute Gasteiger partial charge is 0.302 e. The van der Waals surface area contributed by atoms with Crippen LogP contribution in [0.2, 0.25) is 0 Å². The molecule has 0 saturated carbocycles. The molecule has 0 fully saturated rings. The van der Waals surface area contributed by atoms with Crippen LogP contribution in [-0.4, -0.2) is 28.7 Å². The van der Waals surface area contributed by atoms with Crippen molar-refractivity contribution in [3.8, 4) is 11.3 Å². The molecule has 0 spiro atoms. The molecule has 2 N–H and O–H groups in total. The summed E-state index contributed by atoms with van der Waals surface area (Å²) in [6.45, 7) is 4.94. The first-order valence-corrected chi connectivity index (χ1v) is 11.7. The van der Waals surface area contributed by atoms with Crippen molar-refractivity contribution in [2.75, 3.05) is 10.0 Å². The van der Waals surface area contributed by atoms with E-state index >= 15 is 0 Å². The van der Waals surface area contributed by atoms with Crippen molar-refractivity contribution in [3.63, 3.8) is 0 Å². The van der Waals surface area contributed by atoms with Crippen molar-refractivity contribution in [2.24, 2.45) is 0 Å². The van der Waals surface area contributed by atoms with Crippen LogP contribution < -0.4 is 10.0 Å². The van der Waals surface area contributed by atoms with Crippen LogP contribution in [0.15, 0.2) is 40.1 Å². The number of benzene rings is 1. The van der Waals surface area contributed by atoms with Crippen LogP contribution in [0.5, 0.6) is 0 Å². The van der Waals surface area contributed by atoms with E-state index in [1.807, 2.05) is 29.0 Å². The lowest BCUT2D eigenvalue weighted by atomic mass is 10.1. The number of carbonyl (C=O) groups is 1. The molecule has 150 valence electrons. The Hall–Kier alpha value is -2.76. The van der Waals surface area contributed by atoms with Crippen molar-refractivity contribution in [1.82, 2.24) is 14.4 Å². The number of aromatic nitrogens is 3. The third kappa shape index (κ3) is 3.88. The Kier molecular flexibility index (Phi) is 4.89. The van der Waals surface area contributed by atoms with Gasteiger partial charge < -0.3 is 5.32 Å². The van der Waals surface area contributed by atoms with Crippen molar-refractivity contribution >= 4 is 54.4 Å². The Morgan fingerprint density at radius 2 is 2.00 bits per heavy atom. The van der Waals surface area contributed by atoms with Crippen LogP contribution in [-0.2, 0) is 14.8 Å². The first kappa shape index (κ1) is 19.6. The Balaban J connectivity index is 1.63. The number of carbonyl (C=O) groups excluding carboxylic acids is 1. The standard InChI is InChI=1S/C18H17N5O3S3/c1-10-9-27-18-21-15(8-23(10)18)13-5-4-6-14(7-13)22-29(25,26)16-11(2)19-17(28-16)20-12(3)24/h4-9,22H,1-3H3,(H,19,20,24). The number of anilines is 2. The van der Waals surface area contributed by atoms with E-state index in [0.717, 1.165) is 33.2 Å². The maximum Gasteiger partial charge on any atom is 0.273 e.